The van der Waals surface area contributed by atoms with Crippen molar-refractivity contribution in [2.75, 3.05) is 27.3 Å². The van der Waals surface area contributed by atoms with Gasteiger partial charge in [0, 0.05) is 12.1 Å². The van der Waals surface area contributed by atoms with Crippen LogP contribution in [0, 0.1) is 0 Å². The van der Waals surface area contributed by atoms with E-state index in [2.05, 4.69) is 34.5 Å². The summed E-state index contributed by atoms with van der Waals surface area (Å²) in [5, 5.41) is 3.58. The Kier molecular flexibility index (Phi) is 6.28. The minimum Gasteiger partial charge on any atom is -0.497 e. The second-order valence-electron chi connectivity index (χ2n) is 8.39. The summed E-state index contributed by atoms with van der Waals surface area (Å²) < 4.78 is 10.7. The van der Waals surface area contributed by atoms with Crippen molar-refractivity contribution in [3.8, 4) is 11.5 Å². The normalized spacial score (nSPS) is 20.3. The Morgan fingerprint density at radius 2 is 1.80 bits per heavy atom. The molecule has 1 aliphatic heterocycles. The second-order valence-corrected chi connectivity index (χ2v) is 8.39. The lowest BCUT2D eigenvalue weighted by atomic mass is 10.0. The summed E-state index contributed by atoms with van der Waals surface area (Å²) in [6.45, 7) is 1.19. The quantitative estimate of drug-likeness (QED) is 0.737. The van der Waals surface area contributed by atoms with Crippen LogP contribution in [0.1, 0.15) is 55.7 Å². The Bertz CT molecular complexity index is 861. The monoisotopic (exact) mass is 408 g/mol. The maximum Gasteiger partial charge on any atom is 0.237 e. The first-order valence-electron chi connectivity index (χ1n) is 11.0. The molecule has 30 heavy (non-hydrogen) atoms. The molecule has 0 spiro atoms. The van der Waals surface area contributed by atoms with Crippen LogP contribution in [0.15, 0.2) is 48.5 Å². The van der Waals surface area contributed by atoms with E-state index in [0.717, 1.165) is 50.1 Å². The van der Waals surface area contributed by atoms with E-state index in [1.807, 2.05) is 24.3 Å². The molecule has 2 aromatic rings. The van der Waals surface area contributed by atoms with Gasteiger partial charge < -0.3 is 14.4 Å². The highest BCUT2D eigenvalue weighted by atomic mass is 16.5. The van der Waals surface area contributed by atoms with Crippen molar-refractivity contribution in [1.82, 2.24) is 10.2 Å². The maximum atomic E-state index is 13.3. The minimum absolute atomic E-state index is 0.0916. The van der Waals surface area contributed by atoms with Gasteiger partial charge in [0.25, 0.3) is 0 Å². The zero-order chi connectivity index (χ0) is 21.0. The van der Waals surface area contributed by atoms with Crippen LogP contribution >= 0.6 is 0 Å². The van der Waals surface area contributed by atoms with Gasteiger partial charge in [0.15, 0.2) is 0 Å². The zero-order valence-electron chi connectivity index (χ0n) is 18.0. The molecule has 1 unspecified atom stereocenters. The fourth-order valence-electron chi connectivity index (χ4n) is 4.54. The number of carbonyl (C=O) groups is 1. The minimum atomic E-state index is -0.0916. The highest BCUT2D eigenvalue weighted by molar-refractivity contribution is 5.79. The van der Waals surface area contributed by atoms with E-state index in [-0.39, 0.29) is 17.5 Å². The fourth-order valence-corrected chi connectivity index (χ4v) is 4.54. The van der Waals surface area contributed by atoms with Crippen LogP contribution in [0.25, 0.3) is 0 Å². The molecule has 2 aliphatic rings. The number of carbonyl (C=O) groups excluding carboxylic acids is 1. The number of nitrogens with one attached hydrogen (secondary N) is 1. The molecule has 1 saturated carbocycles. The lowest BCUT2D eigenvalue weighted by Gasteiger charge is -2.31. The van der Waals surface area contributed by atoms with Crippen molar-refractivity contribution < 1.29 is 14.3 Å². The first kappa shape index (κ1) is 20.7. The summed E-state index contributed by atoms with van der Waals surface area (Å²) in [7, 11) is 3.37. The van der Waals surface area contributed by atoms with Gasteiger partial charge in [-0.3, -0.25) is 10.1 Å². The Morgan fingerprint density at radius 1 is 1.03 bits per heavy atom. The summed E-state index contributed by atoms with van der Waals surface area (Å²) in [4.78, 5) is 15.4. The molecule has 1 aliphatic carbocycles. The first-order chi connectivity index (χ1) is 14.6. The third-order valence-corrected chi connectivity index (χ3v) is 6.52. The van der Waals surface area contributed by atoms with Gasteiger partial charge in [0.05, 0.1) is 26.8 Å². The molecule has 0 radical (unpaired) electrons. The van der Waals surface area contributed by atoms with Crippen molar-refractivity contribution in [2.45, 2.75) is 50.1 Å². The third-order valence-electron chi connectivity index (χ3n) is 6.52. The number of likely N-dealkylation sites (tertiary alicyclic amines) is 1. The second kappa shape index (κ2) is 9.09. The lowest BCUT2D eigenvalue weighted by Crippen LogP contribution is -2.43. The molecule has 4 rings (SSSR count). The predicted octanol–water partition coefficient (Wildman–Crippen LogP) is 4.43. The van der Waals surface area contributed by atoms with Crippen molar-refractivity contribution in [3.05, 3.63) is 59.7 Å². The molecular formula is C25H32N2O3. The smallest absolute Gasteiger partial charge is 0.237 e. The van der Waals surface area contributed by atoms with Crippen molar-refractivity contribution in [3.63, 3.8) is 0 Å². The molecule has 5 nitrogen and oxygen atoms in total. The van der Waals surface area contributed by atoms with E-state index in [4.69, 9.17) is 9.47 Å². The Balaban J connectivity index is 1.46. The topological polar surface area (TPSA) is 50.8 Å². The fraction of sp³-hybridized carbons (Fsp3) is 0.480. The van der Waals surface area contributed by atoms with Gasteiger partial charge in [0.1, 0.15) is 11.5 Å². The van der Waals surface area contributed by atoms with E-state index in [0.29, 0.717) is 6.54 Å². The van der Waals surface area contributed by atoms with Gasteiger partial charge in [-0.15, -0.1) is 0 Å². The van der Waals surface area contributed by atoms with E-state index >= 15 is 0 Å². The molecule has 5 heteroatoms. The van der Waals surface area contributed by atoms with Gasteiger partial charge in [-0.05, 0) is 61.1 Å². The number of nitrogens with zero attached hydrogens (tertiary/aromatic N) is 1. The van der Waals surface area contributed by atoms with E-state index in [1.165, 1.54) is 17.5 Å². The molecule has 1 N–H and O–H groups in total. The molecule has 1 saturated heterocycles. The SMILES string of the molecule is COc1ccc(C2CCCCCN2C(=O)CNC2(c3cccc(OC)c3)CC2)cc1. The molecule has 0 aromatic heterocycles. The zero-order valence-corrected chi connectivity index (χ0v) is 18.0. The molecule has 2 fully saturated rings. The van der Waals surface area contributed by atoms with Crippen LogP contribution in [0.5, 0.6) is 11.5 Å². The molecular weight excluding hydrogens is 376 g/mol. The molecule has 0 bridgehead atoms. The van der Waals surface area contributed by atoms with Crippen LogP contribution in [-0.4, -0.2) is 38.1 Å². The number of hydrogen-bond donors (Lipinski definition) is 1. The molecule has 160 valence electrons. The summed E-state index contributed by atoms with van der Waals surface area (Å²) in [5.41, 5.74) is 2.31. The molecule has 1 atom stereocenters. The molecule has 2 aromatic carbocycles. The standard InChI is InChI=1S/C25H32N2O3/c1-29-21-12-10-19(11-13-21)23-9-4-3-5-16-27(23)24(28)18-26-25(14-15-25)20-7-6-8-22(17-20)30-2/h6-8,10-13,17,23,26H,3-5,9,14-16,18H2,1-2H3. The van der Waals surface area contributed by atoms with E-state index in [1.54, 1.807) is 14.2 Å². The van der Waals surface area contributed by atoms with Gasteiger partial charge in [-0.1, -0.05) is 37.1 Å². The largest absolute Gasteiger partial charge is 0.497 e. The number of ether oxygens (including phenoxy) is 2. The summed E-state index contributed by atoms with van der Waals surface area (Å²) >= 11 is 0. The number of benzene rings is 2. The maximum absolute atomic E-state index is 13.3. The summed E-state index contributed by atoms with van der Waals surface area (Å²) in [5.74, 6) is 1.90. The van der Waals surface area contributed by atoms with E-state index in [9.17, 15) is 4.79 Å². The van der Waals surface area contributed by atoms with Gasteiger partial charge >= 0.3 is 0 Å². The first-order valence-corrected chi connectivity index (χ1v) is 11.0. The Labute approximate surface area is 179 Å². The summed E-state index contributed by atoms with van der Waals surface area (Å²) in [6, 6.07) is 16.5. The van der Waals surface area contributed by atoms with Crippen LogP contribution < -0.4 is 14.8 Å². The van der Waals surface area contributed by atoms with Crippen molar-refractivity contribution in [2.24, 2.45) is 0 Å². The van der Waals surface area contributed by atoms with Gasteiger partial charge in [-0.25, -0.2) is 0 Å². The number of hydrogen-bond acceptors (Lipinski definition) is 4. The number of amides is 1. The van der Waals surface area contributed by atoms with Crippen molar-refractivity contribution >= 4 is 5.91 Å². The van der Waals surface area contributed by atoms with Crippen molar-refractivity contribution in [1.29, 1.82) is 0 Å². The average Bonchev–Trinajstić information content (AvgIpc) is 3.62. The number of rotatable bonds is 7. The third kappa shape index (κ3) is 4.46. The highest BCUT2D eigenvalue weighted by Gasteiger charge is 2.44. The lowest BCUT2D eigenvalue weighted by molar-refractivity contribution is -0.132. The van der Waals surface area contributed by atoms with Gasteiger partial charge in [-0.2, -0.15) is 0 Å². The molecule has 1 amide bonds. The Morgan fingerprint density at radius 3 is 2.50 bits per heavy atom. The van der Waals surface area contributed by atoms with E-state index < -0.39 is 0 Å². The van der Waals surface area contributed by atoms with Crippen LogP contribution in [0.2, 0.25) is 0 Å². The summed E-state index contributed by atoms with van der Waals surface area (Å²) in [6.07, 6.45) is 6.52. The Hall–Kier alpha value is -2.53. The highest BCUT2D eigenvalue weighted by Crippen LogP contribution is 2.46. The van der Waals surface area contributed by atoms with Crippen LogP contribution in [0.4, 0.5) is 0 Å². The predicted molar refractivity (Wildman–Crippen MR) is 118 cm³/mol. The van der Waals surface area contributed by atoms with Crippen LogP contribution in [-0.2, 0) is 10.3 Å². The number of methoxy groups -OCH3 is 2. The van der Waals surface area contributed by atoms with Crippen LogP contribution in [0.3, 0.4) is 0 Å². The average molecular weight is 409 g/mol. The molecule has 1 heterocycles. The van der Waals surface area contributed by atoms with Gasteiger partial charge in [0.2, 0.25) is 5.91 Å².